The van der Waals surface area contributed by atoms with Crippen LogP contribution in [0, 0.1) is 0 Å². The second-order valence-corrected chi connectivity index (χ2v) is 16.3. The SMILES string of the molecule is BrBr.CC(C)(C)OC(=O)N1CCC(Br)C(=O)C1Cc1ccccc1.CC(C)(C)OC(=O)N1CCCC(=O)C1Cc1ccccc1.ClC(Cl)Cl. The minimum absolute atomic E-state index is 0.0426. The Balaban J connectivity index is 0.000000423. The lowest BCUT2D eigenvalue weighted by Crippen LogP contribution is -2.54. The van der Waals surface area contributed by atoms with Gasteiger partial charge in [0.05, 0.1) is 16.9 Å². The molecule has 274 valence electrons. The van der Waals surface area contributed by atoms with Crippen LogP contribution in [-0.4, -0.2) is 79.1 Å². The third-order valence-electron chi connectivity index (χ3n) is 7.01. The number of piperidine rings is 2. The maximum atomic E-state index is 12.5. The molecule has 4 rings (SSSR count). The average molecular weight is 937 g/mol. The lowest BCUT2D eigenvalue weighted by molar-refractivity contribution is -0.127. The molecule has 2 amide bonds. The summed E-state index contributed by atoms with van der Waals surface area (Å²) in [5.74, 6) is 0.164. The van der Waals surface area contributed by atoms with E-state index in [1.807, 2.05) is 102 Å². The summed E-state index contributed by atoms with van der Waals surface area (Å²) in [6.45, 7) is 12.1. The Kier molecular flexibility index (Phi) is 21.0. The van der Waals surface area contributed by atoms with E-state index in [1.54, 1.807) is 9.80 Å². The van der Waals surface area contributed by atoms with Gasteiger partial charge in [0.2, 0.25) is 0 Å². The number of ether oxygens (including phenoxy) is 2. The molecule has 0 N–H and O–H groups in total. The second-order valence-electron chi connectivity index (χ2n) is 13.2. The van der Waals surface area contributed by atoms with Crippen LogP contribution in [0.5, 0.6) is 0 Å². The maximum absolute atomic E-state index is 12.5. The third-order valence-corrected chi connectivity index (χ3v) is 7.92. The van der Waals surface area contributed by atoms with Crippen molar-refractivity contribution < 1.29 is 28.7 Å². The summed E-state index contributed by atoms with van der Waals surface area (Å²) in [5.41, 5.74) is 0.986. The maximum Gasteiger partial charge on any atom is 0.410 e. The van der Waals surface area contributed by atoms with E-state index in [0.717, 1.165) is 11.1 Å². The molecule has 8 nitrogen and oxygen atoms in total. The number of halogens is 6. The highest BCUT2D eigenvalue weighted by Crippen LogP contribution is 2.25. The predicted molar refractivity (Wildman–Crippen MR) is 210 cm³/mol. The van der Waals surface area contributed by atoms with Crippen molar-refractivity contribution in [3.63, 3.8) is 0 Å². The first-order valence-corrected chi connectivity index (χ1v) is 21.7. The van der Waals surface area contributed by atoms with E-state index in [4.69, 9.17) is 44.3 Å². The lowest BCUT2D eigenvalue weighted by Gasteiger charge is -2.37. The number of Topliss-reactive ketones (excluding diaryl/α,β-unsaturated/α-hetero) is 2. The minimum Gasteiger partial charge on any atom is -0.444 e. The molecule has 2 fully saturated rings. The summed E-state index contributed by atoms with van der Waals surface area (Å²) < 4.78 is 10.1. The van der Waals surface area contributed by atoms with Gasteiger partial charge in [-0.15, -0.1) is 0 Å². The monoisotopic (exact) mass is 932 g/mol. The average Bonchev–Trinajstić information content (AvgIpc) is 3.01. The number of rotatable bonds is 4. The van der Waals surface area contributed by atoms with Crippen molar-refractivity contribution in [3.8, 4) is 0 Å². The fraction of sp³-hybridized carbons (Fsp3) is 0.543. The zero-order valence-electron chi connectivity index (χ0n) is 28.6. The molecule has 0 spiro atoms. The zero-order chi connectivity index (χ0) is 37.4. The summed E-state index contributed by atoms with van der Waals surface area (Å²) >= 11 is 23.3. The van der Waals surface area contributed by atoms with Crippen molar-refractivity contribution in [2.75, 3.05) is 13.1 Å². The van der Waals surface area contributed by atoms with Crippen LogP contribution < -0.4 is 0 Å². The quantitative estimate of drug-likeness (QED) is 0.284. The lowest BCUT2D eigenvalue weighted by atomic mass is 9.94. The van der Waals surface area contributed by atoms with Crippen LogP contribution in [0.1, 0.15) is 71.9 Å². The summed E-state index contributed by atoms with van der Waals surface area (Å²) in [5, 5.41) is 0. The first-order chi connectivity index (χ1) is 22.9. The second kappa shape index (κ2) is 22.5. The highest BCUT2D eigenvalue weighted by molar-refractivity contribution is 9.93. The molecule has 0 bridgehead atoms. The van der Waals surface area contributed by atoms with Crippen LogP contribution in [0.3, 0.4) is 0 Å². The highest BCUT2D eigenvalue weighted by Gasteiger charge is 2.39. The summed E-state index contributed by atoms with van der Waals surface area (Å²) in [6, 6.07) is 18.7. The van der Waals surface area contributed by atoms with E-state index >= 15 is 0 Å². The normalized spacial score (nSPS) is 19.3. The van der Waals surface area contributed by atoms with Crippen molar-refractivity contribution in [2.45, 2.75) is 106 Å². The van der Waals surface area contributed by atoms with Crippen molar-refractivity contribution in [3.05, 3.63) is 71.8 Å². The first-order valence-electron chi connectivity index (χ1n) is 15.7. The van der Waals surface area contributed by atoms with E-state index in [1.165, 1.54) is 0 Å². The number of likely N-dealkylation sites (tertiary alicyclic amines) is 2. The Hall–Kier alpha value is -1.37. The highest BCUT2D eigenvalue weighted by atomic mass is 80.9. The summed E-state index contributed by atoms with van der Waals surface area (Å²) in [6.07, 6.45) is 2.13. The third kappa shape index (κ3) is 18.1. The largest absolute Gasteiger partial charge is 0.444 e. The van der Waals surface area contributed by atoms with E-state index in [2.05, 4.69) is 44.2 Å². The van der Waals surface area contributed by atoms with Gasteiger partial charge in [-0.2, -0.15) is 0 Å². The van der Waals surface area contributed by atoms with Crippen LogP contribution in [0.4, 0.5) is 9.59 Å². The first kappa shape index (κ1) is 45.7. The Labute approximate surface area is 329 Å². The van der Waals surface area contributed by atoms with Gasteiger partial charge in [0.15, 0.2) is 15.9 Å². The topological polar surface area (TPSA) is 93.2 Å². The Morgan fingerprint density at radius 1 is 0.755 bits per heavy atom. The van der Waals surface area contributed by atoms with Crippen molar-refractivity contribution in [2.24, 2.45) is 0 Å². The molecule has 0 aromatic heterocycles. The van der Waals surface area contributed by atoms with Crippen molar-refractivity contribution >= 4 is 103 Å². The molecule has 14 heteroatoms. The van der Waals surface area contributed by atoms with E-state index < -0.39 is 39.8 Å². The molecule has 2 heterocycles. The van der Waals surface area contributed by atoms with Gasteiger partial charge in [-0.3, -0.25) is 19.4 Å². The molecule has 2 aliphatic rings. The molecular weight excluding hydrogens is 890 g/mol. The molecule has 3 atom stereocenters. The van der Waals surface area contributed by atoms with Gasteiger partial charge >= 0.3 is 12.2 Å². The number of benzene rings is 2. The molecule has 0 saturated carbocycles. The molecule has 49 heavy (non-hydrogen) atoms. The van der Waals surface area contributed by atoms with Gasteiger partial charge in [-0.25, -0.2) is 9.59 Å². The Morgan fingerprint density at radius 3 is 1.55 bits per heavy atom. The van der Waals surface area contributed by atoms with Crippen LogP contribution in [0.2, 0.25) is 0 Å². The van der Waals surface area contributed by atoms with Crippen molar-refractivity contribution in [1.82, 2.24) is 9.80 Å². The standard InChI is InChI=1S/C17H22BrNO3.C17H23NO3.CHCl3.Br2/c1-17(2,3)22-16(21)19-10-9-13(18)15(20)14(19)11-12-7-5-4-6-8-12;1-17(2,3)21-16(20)18-11-7-10-15(19)14(18)12-13-8-5-4-6-9-13;2-1(3)4;1-2/h4-8,13-14H,9-11H2,1-3H3;4-6,8-9,14H,7,10-12H2,1-3H3;1H;. The van der Waals surface area contributed by atoms with Gasteiger partial charge in [-0.05, 0) is 65.5 Å². The fourth-order valence-corrected chi connectivity index (χ4v) is 5.53. The minimum atomic E-state index is -0.750. The number of ketones is 2. The van der Waals surface area contributed by atoms with Crippen molar-refractivity contribution in [1.29, 1.82) is 0 Å². The molecule has 2 saturated heterocycles. The van der Waals surface area contributed by atoms with Gasteiger partial charge in [0, 0.05) is 60.6 Å². The molecular formula is C35H46Br3Cl3N2O6. The van der Waals surface area contributed by atoms with Crippen LogP contribution >= 0.6 is 79.0 Å². The summed E-state index contributed by atoms with van der Waals surface area (Å²) in [7, 11) is 0. The number of hydrogen-bond donors (Lipinski definition) is 0. The zero-order valence-corrected chi connectivity index (χ0v) is 35.7. The molecule has 3 unspecified atom stereocenters. The van der Waals surface area contributed by atoms with E-state index in [0.29, 0.717) is 45.2 Å². The predicted octanol–water partition coefficient (Wildman–Crippen LogP) is 10.4. The van der Waals surface area contributed by atoms with Crippen LogP contribution in [-0.2, 0) is 31.9 Å². The number of carbonyl (C=O) groups is 4. The smallest absolute Gasteiger partial charge is 0.410 e. The molecule has 2 aromatic carbocycles. The molecule has 0 aliphatic carbocycles. The van der Waals surface area contributed by atoms with Gasteiger partial charge < -0.3 is 9.47 Å². The number of hydrogen-bond acceptors (Lipinski definition) is 6. The number of nitrogens with zero attached hydrogens (tertiary/aromatic N) is 2. The molecule has 2 aliphatic heterocycles. The van der Waals surface area contributed by atoms with Crippen LogP contribution in [0.15, 0.2) is 60.7 Å². The molecule has 2 aromatic rings. The number of amides is 2. The number of carbonyl (C=O) groups excluding carboxylic acids is 4. The van der Waals surface area contributed by atoms with E-state index in [-0.39, 0.29) is 16.4 Å². The van der Waals surface area contributed by atoms with Gasteiger partial charge in [0.1, 0.15) is 11.2 Å². The van der Waals surface area contributed by atoms with Crippen LogP contribution in [0.25, 0.3) is 0 Å². The molecule has 0 radical (unpaired) electrons. The Morgan fingerprint density at radius 2 is 1.14 bits per heavy atom. The van der Waals surface area contributed by atoms with E-state index in [9.17, 15) is 19.2 Å². The fourth-order valence-electron chi connectivity index (χ4n) is 5.02. The summed E-state index contributed by atoms with van der Waals surface area (Å²) in [4.78, 5) is 52.4. The number of alkyl halides is 4. The Bertz CT molecular complexity index is 1310. The van der Waals surface area contributed by atoms with Gasteiger partial charge in [-0.1, -0.05) is 111 Å². The van der Waals surface area contributed by atoms with Gasteiger partial charge in [0.25, 0.3) is 0 Å².